The molecule has 1 amide bonds. The maximum absolute atomic E-state index is 13.9. The third kappa shape index (κ3) is 3.73. The first-order valence-electron chi connectivity index (χ1n) is 9.16. The quantitative estimate of drug-likeness (QED) is 0.504. The molecule has 0 atom stereocenters. The normalized spacial score (nSPS) is 10.9. The van der Waals surface area contributed by atoms with Gasteiger partial charge in [0, 0.05) is 20.3 Å². The highest BCUT2D eigenvalue weighted by atomic mass is 19.1. The first-order valence-corrected chi connectivity index (χ1v) is 9.16. The Kier molecular flexibility index (Phi) is 5.26. The lowest BCUT2D eigenvalue weighted by Gasteiger charge is -2.08. The third-order valence-corrected chi connectivity index (χ3v) is 4.57. The highest BCUT2D eigenvalue weighted by molar-refractivity contribution is 6.03. The minimum atomic E-state index is -0.912. The van der Waals surface area contributed by atoms with Crippen molar-refractivity contribution in [3.05, 3.63) is 64.4 Å². The van der Waals surface area contributed by atoms with Gasteiger partial charge in [0.25, 0.3) is 11.8 Å². The molecule has 4 rings (SSSR count). The second kappa shape index (κ2) is 8.06. The van der Waals surface area contributed by atoms with Crippen molar-refractivity contribution in [1.82, 2.24) is 24.5 Å². The first kappa shape index (κ1) is 20.9. The number of methoxy groups -OCH3 is 1. The van der Waals surface area contributed by atoms with Gasteiger partial charge < -0.3 is 14.5 Å². The summed E-state index contributed by atoms with van der Waals surface area (Å²) in [6.07, 6.45) is 1.42. The van der Waals surface area contributed by atoms with E-state index in [1.165, 1.54) is 37.2 Å². The summed E-state index contributed by atoms with van der Waals surface area (Å²) in [5.74, 6) is -3.02. The Morgan fingerprint density at radius 2 is 1.84 bits per heavy atom. The van der Waals surface area contributed by atoms with Gasteiger partial charge in [-0.05, 0) is 24.3 Å². The summed E-state index contributed by atoms with van der Waals surface area (Å²) in [5.41, 5.74) is 0.551. The standard InChI is InChI=1S/C20H16F2N6O4/c1-27-15(8-14(25-27)17(29)24-16-12(21)5-4-6-13(16)22)11-7-10(9-23-19(11)31-3)18-26-28(2)20(30)32-18/h4-9H,1-3H3,(H,24,29). The van der Waals surface area contributed by atoms with Crippen molar-refractivity contribution < 1.29 is 22.7 Å². The number of hydrogen-bond acceptors (Lipinski definition) is 7. The number of pyridine rings is 1. The van der Waals surface area contributed by atoms with Gasteiger partial charge in [-0.15, -0.1) is 5.10 Å². The molecule has 164 valence electrons. The molecular formula is C20H16F2N6O4. The molecule has 3 heterocycles. The minimum Gasteiger partial charge on any atom is -0.481 e. The van der Waals surface area contributed by atoms with E-state index < -0.39 is 29.0 Å². The minimum absolute atomic E-state index is 0.0454. The van der Waals surface area contributed by atoms with E-state index in [0.29, 0.717) is 16.8 Å². The number of nitrogens with zero attached hydrogens (tertiary/aromatic N) is 5. The number of carbonyl (C=O) groups is 1. The highest BCUT2D eigenvalue weighted by Crippen LogP contribution is 2.32. The van der Waals surface area contributed by atoms with Crippen molar-refractivity contribution in [2.24, 2.45) is 14.1 Å². The van der Waals surface area contributed by atoms with E-state index in [1.54, 1.807) is 13.1 Å². The fraction of sp³-hybridized carbons (Fsp3) is 0.150. The Balaban J connectivity index is 1.72. The number of aryl methyl sites for hydroxylation is 2. The lowest BCUT2D eigenvalue weighted by molar-refractivity contribution is 0.102. The number of amides is 1. The molecule has 0 saturated carbocycles. The van der Waals surface area contributed by atoms with Crippen LogP contribution >= 0.6 is 0 Å². The van der Waals surface area contributed by atoms with E-state index >= 15 is 0 Å². The van der Waals surface area contributed by atoms with Gasteiger partial charge in [-0.1, -0.05) is 6.07 Å². The Morgan fingerprint density at radius 3 is 2.47 bits per heavy atom. The van der Waals surface area contributed by atoms with Crippen LogP contribution in [0.2, 0.25) is 0 Å². The zero-order valence-corrected chi connectivity index (χ0v) is 17.1. The fourth-order valence-corrected chi connectivity index (χ4v) is 3.00. The van der Waals surface area contributed by atoms with Crippen LogP contribution in [0.1, 0.15) is 10.5 Å². The number of nitrogens with one attached hydrogen (secondary N) is 1. The van der Waals surface area contributed by atoms with Crippen LogP contribution < -0.4 is 15.8 Å². The van der Waals surface area contributed by atoms with E-state index in [9.17, 15) is 18.4 Å². The van der Waals surface area contributed by atoms with Crippen molar-refractivity contribution in [1.29, 1.82) is 0 Å². The molecule has 10 nitrogen and oxygen atoms in total. The Labute approximate surface area is 179 Å². The van der Waals surface area contributed by atoms with Crippen LogP contribution in [-0.4, -0.2) is 37.6 Å². The zero-order valence-electron chi connectivity index (χ0n) is 17.1. The van der Waals surface area contributed by atoms with Crippen molar-refractivity contribution >= 4 is 11.6 Å². The molecule has 12 heteroatoms. The summed E-state index contributed by atoms with van der Waals surface area (Å²) in [7, 11) is 4.43. The van der Waals surface area contributed by atoms with Crippen LogP contribution in [0.5, 0.6) is 5.88 Å². The predicted molar refractivity (Wildman–Crippen MR) is 108 cm³/mol. The molecule has 0 aliphatic rings. The maximum atomic E-state index is 13.9. The van der Waals surface area contributed by atoms with E-state index in [-0.39, 0.29) is 17.5 Å². The number of anilines is 1. The second-order valence-electron chi connectivity index (χ2n) is 6.67. The van der Waals surface area contributed by atoms with Gasteiger partial charge in [0.2, 0.25) is 5.88 Å². The van der Waals surface area contributed by atoms with Crippen LogP contribution in [0.3, 0.4) is 0 Å². The van der Waals surface area contributed by atoms with Crippen LogP contribution in [0, 0.1) is 11.6 Å². The number of para-hydroxylation sites is 1. The fourth-order valence-electron chi connectivity index (χ4n) is 3.00. The topological polar surface area (TPSA) is 117 Å². The van der Waals surface area contributed by atoms with E-state index in [1.807, 2.05) is 0 Å². The second-order valence-corrected chi connectivity index (χ2v) is 6.67. The van der Waals surface area contributed by atoms with Gasteiger partial charge in [-0.25, -0.2) is 18.6 Å². The van der Waals surface area contributed by atoms with Crippen molar-refractivity contribution in [2.45, 2.75) is 0 Å². The molecule has 0 aliphatic carbocycles. The van der Waals surface area contributed by atoms with Gasteiger partial charge in [-0.3, -0.25) is 9.48 Å². The van der Waals surface area contributed by atoms with Crippen LogP contribution in [0.25, 0.3) is 22.7 Å². The van der Waals surface area contributed by atoms with Gasteiger partial charge in [0.05, 0.1) is 23.9 Å². The zero-order chi connectivity index (χ0) is 23.0. The summed E-state index contributed by atoms with van der Waals surface area (Å²) in [6, 6.07) is 6.26. The largest absolute Gasteiger partial charge is 0.481 e. The molecule has 1 N–H and O–H groups in total. The van der Waals surface area contributed by atoms with E-state index in [2.05, 4.69) is 20.5 Å². The van der Waals surface area contributed by atoms with Crippen LogP contribution in [-0.2, 0) is 14.1 Å². The van der Waals surface area contributed by atoms with Crippen molar-refractivity contribution in [2.75, 3.05) is 12.4 Å². The molecule has 0 spiro atoms. The first-order chi connectivity index (χ1) is 15.3. The summed E-state index contributed by atoms with van der Waals surface area (Å²) in [5, 5.41) is 10.3. The average Bonchev–Trinajstić information content (AvgIpc) is 3.32. The van der Waals surface area contributed by atoms with Crippen LogP contribution in [0.15, 0.2) is 45.7 Å². The molecule has 1 aromatic carbocycles. The number of hydrogen-bond donors (Lipinski definition) is 1. The maximum Gasteiger partial charge on any atom is 0.437 e. The van der Waals surface area contributed by atoms with Gasteiger partial charge >= 0.3 is 5.76 Å². The van der Waals surface area contributed by atoms with Crippen molar-refractivity contribution in [3.63, 3.8) is 0 Å². The van der Waals surface area contributed by atoms with Crippen LogP contribution in [0.4, 0.5) is 14.5 Å². The van der Waals surface area contributed by atoms with E-state index in [0.717, 1.165) is 16.8 Å². The van der Waals surface area contributed by atoms with Gasteiger partial charge in [0.15, 0.2) is 5.69 Å². The molecule has 0 fully saturated rings. The number of aromatic nitrogens is 5. The molecule has 4 aromatic rings. The summed E-state index contributed by atoms with van der Waals surface area (Å²) in [6.45, 7) is 0. The number of benzene rings is 1. The molecule has 3 aromatic heterocycles. The predicted octanol–water partition coefficient (Wildman–Crippen LogP) is 2.37. The Hall–Kier alpha value is -4.35. The third-order valence-electron chi connectivity index (χ3n) is 4.57. The summed E-state index contributed by atoms with van der Waals surface area (Å²) >= 11 is 0. The Morgan fingerprint density at radius 1 is 1.12 bits per heavy atom. The lowest BCUT2D eigenvalue weighted by atomic mass is 10.1. The average molecular weight is 442 g/mol. The molecule has 0 bridgehead atoms. The molecule has 32 heavy (non-hydrogen) atoms. The SMILES string of the molecule is COc1ncc(-c2nn(C)c(=O)o2)cc1-c1cc(C(=O)Nc2c(F)cccc2F)nn1C. The number of halogens is 2. The lowest BCUT2D eigenvalue weighted by Crippen LogP contribution is -2.15. The molecular weight excluding hydrogens is 426 g/mol. The van der Waals surface area contributed by atoms with Gasteiger partial charge in [0.1, 0.15) is 17.3 Å². The summed E-state index contributed by atoms with van der Waals surface area (Å²) in [4.78, 5) is 28.4. The molecule has 0 radical (unpaired) electrons. The number of ether oxygens (including phenoxy) is 1. The van der Waals surface area contributed by atoms with Gasteiger partial charge in [-0.2, -0.15) is 9.78 Å². The van der Waals surface area contributed by atoms with E-state index in [4.69, 9.17) is 9.15 Å². The monoisotopic (exact) mass is 442 g/mol. The van der Waals surface area contributed by atoms with Crippen molar-refractivity contribution in [3.8, 4) is 28.6 Å². The molecule has 0 aliphatic heterocycles. The highest BCUT2D eigenvalue weighted by Gasteiger charge is 2.21. The number of rotatable bonds is 5. The molecule has 0 unspecified atom stereocenters. The number of carbonyl (C=O) groups excluding carboxylic acids is 1. The Bertz CT molecular complexity index is 1370. The summed E-state index contributed by atoms with van der Waals surface area (Å²) < 4.78 is 40.5. The smallest absolute Gasteiger partial charge is 0.437 e. The molecule has 0 saturated heterocycles.